The Balaban J connectivity index is 0.582. The molecule has 5 heterocycles. The summed E-state index contributed by atoms with van der Waals surface area (Å²) in [5.74, 6) is 5.65. The maximum absolute atomic E-state index is 13.8. The number of hydrogen-bond donors (Lipinski definition) is 5. The van der Waals surface area contributed by atoms with Gasteiger partial charge in [-0.2, -0.15) is 5.11 Å². The number of rotatable bonds is 19. The number of hydrogen-bond acceptors (Lipinski definition) is 11. The van der Waals surface area contributed by atoms with Gasteiger partial charge in [-0.1, -0.05) is 60.4 Å². The molecule has 1 atom stereocenters. The van der Waals surface area contributed by atoms with E-state index in [1.165, 1.54) is 39.4 Å². The van der Waals surface area contributed by atoms with Gasteiger partial charge in [-0.25, -0.2) is 9.37 Å². The fourth-order valence-corrected chi connectivity index (χ4v) is 13.6. The molecule has 16 heteroatoms. The first kappa shape index (κ1) is 57.4. The average molecular weight is 1180 g/mol. The van der Waals surface area contributed by atoms with Gasteiger partial charge >= 0.3 is 5.97 Å². The van der Waals surface area contributed by atoms with Crippen molar-refractivity contribution >= 4 is 52.1 Å². The van der Waals surface area contributed by atoms with Crippen molar-refractivity contribution in [2.75, 3.05) is 63.9 Å². The molecule has 0 fully saturated rings. The lowest BCUT2D eigenvalue weighted by atomic mass is 9.81. The number of ketones is 1. The van der Waals surface area contributed by atoms with Crippen LogP contribution in [0.5, 0.6) is 17.2 Å². The summed E-state index contributed by atoms with van der Waals surface area (Å²) < 4.78 is 15.3. The van der Waals surface area contributed by atoms with Gasteiger partial charge in [0.25, 0.3) is 11.8 Å². The van der Waals surface area contributed by atoms with Crippen molar-refractivity contribution < 1.29 is 43.7 Å². The maximum atomic E-state index is 13.8. The molecule has 0 aromatic heterocycles. The minimum absolute atomic E-state index is 0.0401. The molecule has 1 unspecified atom stereocenters. The SMILES string of the molecule is O=C(CCOCCNC(=O)c1ccc(N=Nc2ccc(CCNC(=O)c3ccc(C4=c5cc6c7c(c5Oc5c4cc4c8c5CCCN8CCC4)CCC[N+]=7CCC6)c(C(=O)O)c3)cc2O)cc1)NCCC(=O)C1Cc2ccccc2C#Cc2ccccc21. The number of phenolic OH excluding ortho intramolecular Hbond substituents is 1. The Morgan fingerprint density at radius 3 is 2.24 bits per heavy atom. The van der Waals surface area contributed by atoms with Gasteiger partial charge in [0, 0.05) is 120 Å². The lowest BCUT2D eigenvalue weighted by Crippen LogP contribution is -2.45. The Labute approximate surface area is 510 Å². The molecule has 0 radical (unpaired) electrons. The molecule has 0 spiro atoms. The molecule has 88 heavy (non-hydrogen) atoms. The summed E-state index contributed by atoms with van der Waals surface area (Å²) in [6.45, 7) is 5.08. The van der Waals surface area contributed by atoms with Crippen molar-refractivity contribution in [2.24, 2.45) is 10.2 Å². The number of nitrogens with zero attached hydrogens (tertiary/aromatic N) is 4. The first-order chi connectivity index (χ1) is 43.0. The standard InChI is InChI=1S/C72H67N7O9/c80-62(57-40-48-11-2-1-9-45(48)18-19-46-10-3-4-14-53(46)57)28-31-73-64(82)29-37-87-38-32-75-70(83)47-20-23-52(24-21-47)76-77-61-26-17-44(39-63(61)81)27-30-74-71(84)51-22-25-54(58(43-51)72(85)86)65-59-41-49-12-5-33-78-35-7-15-55(66(49)78)68(59)88-69-56-16-8-36-79-34-6-13-50(67(56)79)42-60(65)69/h1-4,9-11,14,17,20-26,39,41-43,57H,5-8,12-13,15-16,27-38,40H2,(H4-,73,74,75,76,81,82,83,84,85,86)/p+1. The number of ether oxygens (including phenoxy) is 2. The number of anilines is 1. The van der Waals surface area contributed by atoms with Crippen molar-refractivity contribution in [2.45, 2.75) is 83.0 Å². The van der Waals surface area contributed by atoms with Gasteiger partial charge in [0.15, 0.2) is 0 Å². The lowest BCUT2D eigenvalue weighted by molar-refractivity contribution is -0.122. The Hall–Kier alpha value is -9.72. The van der Waals surface area contributed by atoms with E-state index in [9.17, 15) is 34.2 Å². The summed E-state index contributed by atoms with van der Waals surface area (Å²) in [6, 6.07) is 36.6. The van der Waals surface area contributed by atoms with Crippen molar-refractivity contribution in [3.8, 4) is 29.1 Å². The van der Waals surface area contributed by atoms with Crippen LogP contribution in [0.25, 0.3) is 5.57 Å². The number of carbonyl (C=O) groups excluding carboxylic acids is 4. The molecule has 0 bridgehead atoms. The second kappa shape index (κ2) is 25.3. The van der Waals surface area contributed by atoms with Crippen LogP contribution in [0.4, 0.5) is 17.1 Å². The van der Waals surface area contributed by atoms with Gasteiger partial charge in [0.05, 0.1) is 30.0 Å². The number of carboxylic acid groups (broad SMARTS) is 1. The first-order valence-corrected chi connectivity index (χ1v) is 30.8. The van der Waals surface area contributed by atoms with E-state index in [0.717, 1.165) is 133 Å². The Morgan fingerprint density at radius 1 is 0.659 bits per heavy atom. The number of nitrogens with one attached hydrogen (secondary N) is 3. The number of phenols is 1. The highest BCUT2D eigenvalue weighted by molar-refractivity contribution is 6.03. The van der Waals surface area contributed by atoms with Gasteiger partial charge in [-0.3, -0.25) is 19.2 Å². The summed E-state index contributed by atoms with van der Waals surface area (Å²) in [5.41, 5.74) is 14.4. The van der Waals surface area contributed by atoms with Crippen molar-refractivity contribution in [1.29, 1.82) is 0 Å². The highest BCUT2D eigenvalue weighted by atomic mass is 16.5. The molecule has 16 nitrogen and oxygen atoms in total. The highest BCUT2D eigenvalue weighted by Crippen LogP contribution is 2.49. The number of aromatic carboxylic acids is 1. The van der Waals surface area contributed by atoms with Crippen molar-refractivity contribution in [1.82, 2.24) is 20.5 Å². The first-order valence-electron chi connectivity index (χ1n) is 30.8. The third-order valence-corrected chi connectivity index (χ3v) is 17.8. The van der Waals surface area contributed by atoms with Crippen molar-refractivity contribution in [3.63, 3.8) is 0 Å². The van der Waals surface area contributed by atoms with Crippen LogP contribution < -0.4 is 40.7 Å². The Bertz CT molecular complexity index is 4230. The zero-order valence-electron chi connectivity index (χ0n) is 49.0. The van der Waals surface area contributed by atoms with E-state index in [-0.39, 0.29) is 91.8 Å². The molecule has 6 aliphatic rings. The largest absolute Gasteiger partial charge is 0.506 e. The zero-order valence-corrected chi connectivity index (χ0v) is 49.0. The van der Waals surface area contributed by atoms with Crippen LogP contribution in [-0.2, 0) is 52.9 Å². The van der Waals surface area contributed by atoms with Crippen LogP contribution in [0.1, 0.15) is 137 Å². The van der Waals surface area contributed by atoms with E-state index >= 15 is 0 Å². The number of aromatic hydroxyl groups is 1. The minimum Gasteiger partial charge on any atom is -0.506 e. The monoisotopic (exact) mass is 1170 g/mol. The van der Waals surface area contributed by atoms with Gasteiger partial charge < -0.3 is 40.5 Å². The normalized spacial score (nSPS) is 15.7. The summed E-state index contributed by atoms with van der Waals surface area (Å²) in [6.07, 6.45) is 9.08. The van der Waals surface area contributed by atoms with E-state index in [2.05, 4.69) is 59.6 Å². The second-order valence-electron chi connectivity index (χ2n) is 23.4. The quantitative estimate of drug-likeness (QED) is 0.0225. The average Bonchev–Trinajstić information content (AvgIpc) is 1.67. The van der Waals surface area contributed by atoms with E-state index in [1.54, 1.807) is 54.6 Å². The predicted molar refractivity (Wildman–Crippen MR) is 334 cm³/mol. The number of carbonyl (C=O) groups is 5. The van der Waals surface area contributed by atoms with Crippen LogP contribution in [-0.4, -0.2) is 98.7 Å². The summed E-state index contributed by atoms with van der Waals surface area (Å²) in [5, 5.41) is 41.2. The van der Waals surface area contributed by atoms with Crippen LogP contribution in [0.3, 0.4) is 0 Å². The number of carboxylic acids is 1. The molecule has 7 aromatic rings. The molecule has 7 aromatic carbocycles. The Morgan fingerprint density at radius 2 is 1.40 bits per heavy atom. The number of aryl methyl sites for hydroxylation is 2. The number of fused-ring (bicyclic) bond motifs is 6. The van der Waals surface area contributed by atoms with Gasteiger partial charge in [-0.05, 0) is 152 Å². The van der Waals surface area contributed by atoms with Crippen molar-refractivity contribution in [3.05, 3.63) is 210 Å². The molecule has 0 saturated heterocycles. The number of benzene rings is 7. The molecule has 13 rings (SSSR count). The van der Waals surface area contributed by atoms with Gasteiger partial charge in [0.2, 0.25) is 11.3 Å². The summed E-state index contributed by atoms with van der Waals surface area (Å²) in [4.78, 5) is 68.7. The molecular formula is C72H68N7O9+. The van der Waals surface area contributed by atoms with Crippen LogP contribution in [0, 0.1) is 11.8 Å². The topological polar surface area (TPSA) is 211 Å². The highest BCUT2D eigenvalue weighted by Gasteiger charge is 2.37. The van der Waals surface area contributed by atoms with Crippen LogP contribution in [0.2, 0.25) is 0 Å². The summed E-state index contributed by atoms with van der Waals surface area (Å²) >= 11 is 0. The molecule has 0 saturated carbocycles. The van der Waals surface area contributed by atoms with E-state index in [1.807, 2.05) is 48.5 Å². The second-order valence-corrected chi connectivity index (χ2v) is 23.4. The number of Topliss-reactive ketones (excluding diaryl/α,β-unsaturated/α-hetero) is 1. The number of amides is 3. The fraction of sp³-hybridized carbons (Fsp3) is 0.306. The molecule has 5 N–H and O–H groups in total. The molecule has 1 aliphatic carbocycles. The van der Waals surface area contributed by atoms with E-state index < -0.39 is 11.9 Å². The Kier molecular flexibility index (Phi) is 16.5. The van der Waals surface area contributed by atoms with Crippen LogP contribution in [0.15, 0.2) is 132 Å². The van der Waals surface area contributed by atoms with Crippen LogP contribution >= 0.6 is 0 Å². The fourth-order valence-electron chi connectivity index (χ4n) is 13.6. The predicted octanol–water partition coefficient (Wildman–Crippen LogP) is 8.87. The summed E-state index contributed by atoms with van der Waals surface area (Å²) in [7, 11) is 0. The third kappa shape index (κ3) is 11.8. The van der Waals surface area contributed by atoms with E-state index in [4.69, 9.17) is 9.47 Å². The molecular weight excluding hydrogens is 1110 g/mol. The number of azo groups is 1. The molecule has 5 aliphatic heterocycles. The molecule has 3 amide bonds. The smallest absolute Gasteiger partial charge is 0.336 e. The third-order valence-electron chi connectivity index (χ3n) is 17.8. The molecule has 444 valence electrons. The van der Waals surface area contributed by atoms with Gasteiger partial charge in [-0.15, -0.1) is 5.11 Å². The zero-order chi connectivity index (χ0) is 60.3. The van der Waals surface area contributed by atoms with E-state index in [0.29, 0.717) is 29.7 Å². The lowest BCUT2D eigenvalue weighted by Gasteiger charge is -2.39. The maximum Gasteiger partial charge on any atom is 0.336 e. The van der Waals surface area contributed by atoms with Gasteiger partial charge in [0.1, 0.15) is 41.8 Å². The minimum atomic E-state index is -1.12.